The van der Waals surface area contributed by atoms with Gasteiger partial charge in [-0.25, -0.2) is 0 Å². The Morgan fingerprint density at radius 1 is 0.867 bits per heavy atom. The van der Waals surface area contributed by atoms with Crippen molar-refractivity contribution in [3.63, 3.8) is 0 Å². The standard InChI is InChI=1S/C26H24N2O2/c1-17-8-11-20(12-9-17)26(30)28(24-13-10-18(2)14-19(24)3)16-21-15-25(29)27-23-7-5-4-6-22(21)23/h4-15H,16H2,1-3H3,(H,27,29). The van der Waals surface area contributed by atoms with E-state index < -0.39 is 0 Å². The SMILES string of the molecule is Cc1ccc(C(=O)N(Cc2cc(=O)[nH]c3ccccc23)c2ccc(C)cc2C)cc1. The fraction of sp³-hybridized carbons (Fsp3) is 0.154. The molecule has 0 radical (unpaired) electrons. The molecule has 0 aliphatic carbocycles. The molecule has 0 atom stereocenters. The molecule has 0 unspecified atom stereocenters. The van der Waals surface area contributed by atoms with Crippen molar-refractivity contribution >= 4 is 22.5 Å². The molecule has 0 bridgehead atoms. The van der Waals surface area contributed by atoms with Crippen LogP contribution < -0.4 is 10.5 Å². The summed E-state index contributed by atoms with van der Waals surface area (Å²) in [5.41, 5.74) is 6.13. The minimum Gasteiger partial charge on any atom is -0.322 e. The molecule has 30 heavy (non-hydrogen) atoms. The van der Waals surface area contributed by atoms with E-state index in [-0.39, 0.29) is 11.5 Å². The number of carbonyl (C=O) groups excluding carboxylic acids is 1. The van der Waals surface area contributed by atoms with Crippen LogP contribution in [0.3, 0.4) is 0 Å². The number of amides is 1. The van der Waals surface area contributed by atoms with Gasteiger partial charge in [-0.2, -0.15) is 0 Å². The number of benzene rings is 3. The van der Waals surface area contributed by atoms with Crippen molar-refractivity contribution in [3.05, 3.63) is 111 Å². The van der Waals surface area contributed by atoms with Crippen LogP contribution in [0, 0.1) is 20.8 Å². The zero-order valence-corrected chi connectivity index (χ0v) is 17.4. The molecule has 4 nitrogen and oxygen atoms in total. The van der Waals surface area contributed by atoms with Crippen LogP contribution in [0.2, 0.25) is 0 Å². The number of hydrogen-bond donors (Lipinski definition) is 1. The maximum atomic E-state index is 13.6. The molecule has 0 aliphatic rings. The van der Waals surface area contributed by atoms with Gasteiger partial charge in [-0.3, -0.25) is 9.59 Å². The Kier molecular flexibility index (Phi) is 5.23. The molecule has 150 valence electrons. The van der Waals surface area contributed by atoms with Gasteiger partial charge in [0.25, 0.3) is 5.91 Å². The molecule has 1 N–H and O–H groups in total. The molecule has 0 spiro atoms. The first-order valence-electron chi connectivity index (χ1n) is 9.99. The number of anilines is 1. The Balaban J connectivity index is 1.85. The van der Waals surface area contributed by atoms with E-state index in [0.29, 0.717) is 12.1 Å². The second-order valence-electron chi connectivity index (χ2n) is 7.75. The van der Waals surface area contributed by atoms with Gasteiger partial charge in [0, 0.05) is 28.2 Å². The third-order valence-corrected chi connectivity index (χ3v) is 5.35. The van der Waals surface area contributed by atoms with Gasteiger partial charge < -0.3 is 9.88 Å². The maximum Gasteiger partial charge on any atom is 0.258 e. The number of nitrogens with zero attached hydrogens (tertiary/aromatic N) is 1. The highest BCUT2D eigenvalue weighted by atomic mass is 16.2. The van der Waals surface area contributed by atoms with Crippen molar-refractivity contribution < 1.29 is 4.79 Å². The number of fused-ring (bicyclic) bond motifs is 1. The summed E-state index contributed by atoms with van der Waals surface area (Å²) in [5.74, 6) is -0.0914. The molecule has 3 aromatic carbocycles. The molecule has 0 aliphatic heterocycles. The highest BCUT2D eigenvalue weighted by molar-refractivity contribution is 6.06. The Labute approximate surface area is 175 Å². The predicted molar refractivity (Wildman–Crippen MR) is 122 cm³/mol. The van der Waals surface area contributed by atoms with Crippen LogP contribution in [0.25, 0.3) is 10.9 Å². The van der Waals surface area contributed by atoms with Gasteiger partial charge in [0.05, 0.1) is 6.54 Å². The second-order valence-corrected chi connectivity index (χ2v) is 7.75. The summed E-state index contributed by atoms with van der Waals surface area (Å²) in [6.07, 6.45) is 0. The lowest BCUT2D eigenvalue weighted by molar-refractivity contribution is 0.0985. The van der Waals surface area contributed by atoms with Crippen LogP contribution in [-0.4, -0.2) is 10.9 Å². The second kappa shape index (κ2) is 7.99. The van der Waals surface area contributed by atoms with E-state index in [1.54, 1.807) is 11.0 Å². The minimum atomic E-state index is -0.174. The lowest BCUT2D eigenvalue weighted by Gasteiger charge is -2.26. The van der Waals surface area contributed by atoms with Crippen LogP contribution in [-0.2, 0) is 6.54 Å². The molecular weight excluding hydrogens is 372 g/mol. The minimum absolute atomic E-state index is 0.0914. The summed E-state index contributed by atoms with van der Waals surface area (Å²) < 4.78 is 0. The van der Waals surface area contributed by atoms with E-state index >= 15 is 0 Å². The average Bonchev–Trinajstić information content (AvgIpc) is 2.72. The predicted octanol–water partition coefficient (Wildman–Crippen LogP) is 5.30. The van der Waals surface area contributed by atoms with E-state index in [2.05, 4.69) is 11.1 Å². The third kappa shape index (κ3) is 3.90. The molecular formula is C26H24N2O2. The third-order valence-electron chi connectivity index (χ3n) is 5.35. The molecule has 4 rings (SSSR count). The summed E-state index contributed by atoms with van der Waals surface area (Å²) in [4.78, 5) is 30.4. The van der Waals surface area contributed by atoms with Crippen LogP contribution >= 0.6 is 0 Å². The van der Waals surface area contributed by atoms with Gasteiger partial charge in [0.15, 0.2) is 0 Å². The fourth-order valence-electron chi connectivity index (χ4n) is 3.80. The molecule has 0 saturated heterocycles. The van der Waals surface area contributed by atoms with Gasteiger partial charge in [0.2, 0.25) is 5.56 Å². The van der Waals surface area contributed by atoms with Gasteiger partial charge >= 0.3 is 0 Å². The summed E-state index contributed by atoms with van der Waals surface area (Å²) in [6.45, 7) is 6.35. The van der Waals surface area contributed by atoms with Crippen LogP contribution in [0.4, 0.5) is 5.69 Å². The Morgan fingerprint density at radius 2 is 1.57 bits per heavy atom. The first kappa shape index (κ1) is 19.6. The molecule has 4 heteroatoms. The van der Waals surface area contributed by atoms with E-state index in [1.165, 1.54) is 0 Å². The molecule has 1 heterocycles. The summed E-state index contributed by atoms with van der Waals surface area (Å²) in [5, 5.41) is 0.934. The van der Waals surface area contributed by atoms with E-state index in [4.69, 9.17) is 0 Å². The number of para-hydroxylation sites is 1. The average molecular weight is 396 g/mol. The van der Waals surface area contributed by atoms with Crippen molar-refractivity contribution in [2.75, 3.05) is 4.90 Å². The number of aromatic nitrogens is 1. The highest BCUT2D eigenvalue weighted by Gasteiger charge is 2.21. The van der Waals surface area contributed by atoms with E-state index in [1.807, 2.05) is 81.4 Å². The van der Waals surface area contributed by atoms with Crippen molar-refractivity contribution in [2.24, 2.45) is 0 Å². The largest absolute Gasteiger partial charge is 0.322 e. The number of aryl methyl sites for hydroxylation is 3. The van der Waals surface area contributed by atoms with Crippen LogP contribution in [0.15, 0.2) is 77.6 Å². The monoisotopic (exact) mass is 396 g/mol. The zero-order valence-electron chi connectivity index (χ0n) is 17.4. The quantitative estimate of drug-likeness (QED) is 0.509. The first-order chi connectivity index (χ1) is 14.4. The maximum absolute atomic E-state index is 13.6. The fourth-order valence-corrected chi connectivity index (χ4v) is 3.80. The molecule has 1 aromatic heterocycles. The molecule has 4 aromatic rings. The Morgan fingerprint density at radius 3 is 2.30 bits per heavy atom. The lowest BCUT2D eigenvalue weighted by Crippen LogP contribution is -2.31. The topological polar surface area (TPSA) is 53.2 Å². The van der Waals surface area contributed by atoms with Gasteiger partial charge in [-0.1, -0.05) is 53.6 Å². The molecule has 0 saturated carbocycles. The Hall–Kier alpha value is -3.66. The number of hydrogen-bond acceptors (Lipinski definition) is 2. The number of carbonyl (C=O) groups is 1. The van der Waals surface area contributed by atoms with Gasteiger partial charge in [0.1, 0.15) is 0 Å². The Bertz CT molecular complexity index is 1290. The van der Waals surface area contributed by atoms with Crippen molar-refractivity contribution in [1.29, 1.82) is 0 Å². The number of nitrogens with one attached hydrogen (secondary N) is 1. The smallest absolute Gasteiger partial charge is 0.258 e. The van der Waals surface area contributed by atoms with Crippen molar-refractivity contribution in [1.82, 2.24) is 4.98 Å². The van der Waals surface area contributed by atoms with E-state index in [0.717, 1.165) is 38.8 Å². The first-order valence-corrected chi connectivity index (χ1v) is 9.99. The number of aromatic amines is 1. The normalized spacial score (nSPS) is 10.9. The summed E-state index contributed by atoms with van der Waals surface area (Å²) in [6, 6.07) is 22.9. The van der Waals surface area contributed by atoms with Crippen LogP contribution in [0.1, 0.15) is 32.6 Å². The van der Waals surface area contributed by atoms with Crippen molar-refractivity contribution in [3.8, 4) is 0 Å². The molecule has 1 amide bonds. The number of H-pyrrole nitrogens is 1. The van der Waals surface area contributed by atoms with Gasteiger partial charge in [-0.05, 0) is 56.2 Å². The summed E-state index contributed by atoms with van der Waals surface area (Å²) >= 11 is 0. The lowest BCUT2D eigenvalue weighted by atomic mass is 10.0. The zero-order chi connectivity index (χ0) is 21.3. The molecule has 0 fully saturated rings. The number of rotatable bonds is 4. The van der Waals surface area contributed by atoms with Gasteiger partial charge in [-0.15, -0.1) is 0 Å². The van der Waals surface area contributed by atoms with Crippen molar-refractivity contribution in [2.45, 2.75) is 27.3 Å². The highest BCUT2D eigenvalue weighted by Crippen LogP contribution is 2.27. The van der Waals surface area contributed by atoms with E-state index in [9.17, 15) is 9.59 Å². The summed E-state index contributed by atoms with van der Waals surface area (Å²) in [7, 11) is 0. The van der Waals surface area contributed by atoms with Crippen LogP contribution in [0.5, 0.6) is 0 Å². The number of pyridine rings is 1.